The molecule has 4 nitrogen and oxygen atoms in total. The zero-order valence-electron chi connectivity index (χ0n) is 12.9. The van der Waals surface area contributed by atoms with Gasteiger partial charge in [-0.1, -0.05) is 25.7 Å². The average molecular weight is 321 g/mol. The van der Waals surface area contributed by atoms with Gasteiger partial charge in [0.2, 0.25) is 5.91 Å². The third-order valence-electron chi connectivity index (χ3n) is 5.09. The van der Waals surface area contributed by atoms with Gasteiger partial charge in [-0.25, -0.2) is 4.79 Å². The molecule has 3 rings (SSSR count). The van der Waals surface area contributed by atoms with Crippen molar-refractivity contribution in [3.63, 3.8) is 0 Å². The predicted octanol–water partition coefficient (Wildman–Crippen LogP) is 3.45. The Balaban J connectivity index is 1.68. The first kappa shape index (κ1) is 15.5. The van der Waals surface area contributed by atoms with E-state index >= 15 is 0 Å². The van der Waals surface area contributed by atoms with Crippen LogP contribution < -0.4 is 5.32 Å². The van der Waals surface area contributed by atoms with E-state index in [9.17, 15) is 14.7 Å². The van der Waals surface area contributed by atoms with E-state index in [1.807, 2.05) is 0 Å². The van der Waals surface area contributed by atoms with Gasteiger partial charge in [-0.2, -0.15) is 0 Å². The Morgan fingerprint density at radius 3 is 2.50 bits per heavy atom. The third-order valence-corrected chi connectivity index (χ3v) is 6.25. The van der Waals surface area contributed by atoms with Crippen LogP contribution in [0.2, 0.25) is 0 Å². The van der Waals surface area contributed by atoms with E-state index in [0.29, 0.717) is 12.8 Å². The Bertz CT molecular complexity index is 572. The number of hydrogen-bond donors (Lipinski definition) is 2. The van der Waals surface area contributed by atoms with Crippen LogP contribution in [0, 0.1) is 12.8 Å². The largest absolute Gasteiger partial charge is 0.480 e. The number of nitrogens with one attached hydrogen (secondary N) is 1. The van der Waals surface area contributed by atoms with Gasteiger partial charge in [0.25, 0.3) is 0 Å². The van der Waals surface area contributed by atoms with Crippen LogP contribution in [0.25, 0.3) is 0 Å². The van der Waals surface area contributed by atoms with Crippen LogP contribution in [0.15, 0.2) is 11.4 Å². The molecule has 2 unspecified atom stereocenters. The minimum Gasteiger partial charge on any atom is -0.480 e. The van der Waals surface area contributed by atoms with Gasteiger partial charge in [0.1, 0.15) is 5.54 Å². The lowest BCUT2D eigenvalue weighted by Crippen LogP contribution is -2.54. The Kier molecular flexibility index (Phi) is 4.26. The fourth-order valence-corrected chi connectivity index (χ4v) is 4.70. The third kappa shape index (κ3) is 2.91. The second-order valence-corrected chi connectivity index (χ2v) is 7.65. The van der Waals surface area contributed by atoms with Crippen molar-refractivity contribution in [1.82, 2.24) is 5.32 Å². The van der Waals surface area contributed by atoms with E-state index in [4.69, 9.17) is 0 Å². The molecule has 1 aromatic heterocycles. The number of amides is 1. The molecule has 2 saturated carbocycles. The second kappa shape index (κ2) is 6.03. The summed E-state index contributed by atoms with van der Waals surface area (Å²) in [6.45, 7) is 2.07. The monoisotopic (exact) mass is 321 g/mol. The number of hydrogen-bond acceptors (Lipinski definition) is 3. The summed E-state index contributed by atoms with van der Waals surface area (Å²) in [5.74, 6) is -0.692. The van der Waals surface area contributed by atoms with Crippen molar-refractivity contribution < 1.29 is 14.7 Å². The molecule has 2 atom stereocenters. The summed E-state index contributed by atoms with van der Waals surface area (Å²) >= 11 is 1.70. The van der Waals surface area contributed by atoms with Gasteiger partial charge in [0, 0.05) is 16.7 Å². The molecule has 1 amide bonds. The maximum atomic E-state index is 12.5. The molecule has 0 aromatic carbocycles. The fourth-order valence-electron chi connectivity index (χ4n) is 3.59. The first-order chi connectivity index (χ1) is 10.5. The molecule has 22 heavy (non-hydrogen) atoms. The van der Waals surface area contributed by atoms with Gasteiger partial charge in [-0.15, -0.1) is 11.3 Å². The first-order valence-corrected chi connectivity index (χ1v) is 9.01. The van der Waals surface area contributed by atoms with Gasteiger partial charge in [-0.3, -0.25) is 4.79 Å². The lowest BCUT2D eigenvalue weighted by atomic mass is 9.90. The summed E-state index contributed by atoms with van der Waals surface area (Å²) in [6, 6.07) is 2.08. The van der Waals surface area contributed by atoms with E-state index in [0.717, 1.165) is 32.1 Å². The number of carboxylic acid groups (broad SMARTS) is 1. The van der Waals surface area contributed by atoms with Gasteiger partial charge in [0.05, 0.1) is 0 Å². The predicted molar refractivity (Wildman–Crippen MR) is 86.1 cm³/mol. The van der Waals surface area contributed by atoms with Crippen molar-refractivity contribution in [2.75, 3.05) is 0 Å². The van der Waals surface area contributed by atoms with Crippen molar-refractivity contribution in [2.24, 2.45) is 5.92 Å². The highest BCUT2D eigenvalue weighted by molar-refractivity contribution is 7.10. The van der Waals surface area contributed by atoms with Crippen LogP contribution in [-0.2, 0) is 9.59 Å². The summed E-state index contributed by atoms with van der Waals surface area (Å²) in [4.78, 5) is 25.6. The molecule has 0 radical (unpaired) electrons. The molecule has 0 bridgehead atoms. The summed E-state index contributed by atoms with van der Waals surface area (Å²) in [5, 5.41) is 14.6. The van der Waals surface area contributed by atoms with Crippen LogP contribution in [-0.4, -0.2) is 22.5 Å². The van der Waals surface area contributed by atoms with Crippen LogP contribution in [0.1, 0.15) is 61.3 Å². The molecule has 1 heterocycles. The SMILES string of the molecule is Cc1ccsc1C1CC1C(=O)NC1(C(=O)O)CCCCCC1. The lowest BCUT2D eigenvalue weighted by molar-refractivity contribution is -0.148. The molecule has 120 valence electrons. The minimum absolute atomic E-state index is 0.0446. The lowest BCUT2D eigenvalue weighted by Gasteiger charge is -2.29. The van der Waals surface area contributed by atoms with Crippen LogP contribution in [0.4, 0.5) is 0 Å². The zero-order chi connectivity index (χ0) is 15.7. The van der Waals surface area contributed by atoms with Crippen LogP contribution in [0.3, 0.4) is 0 Å². The number of aryl methyl sites for hydroxylation is 1. The number of carbonyl (C=O) groups excluding carboxylic acids is 1. The van der Waals surface area contributed by atoms with Gasteiger partial charge < -0.3 is 10.4 Å². The molecule has 2 aliphatic rings. The van der Waals surface area contributed by atoms with Gasteiger partial charge in [0.15, 0.2) is 0 Å². The highest BCUT2D eigenvalue weighted by atomic mass is 32.1. The molecule has 2 N–H and O–H groups in total. The smallest absolute Gasteiger partial charge is 0.329 e. The number of rotatable bonds is 4. The summed E-state index contributed by atoms with van der Waals surface area (Å²) in [7, 11) is 0. The van der Waals surface area contributed by atoms with Gasteiger partial charge >= 0.3 is 5.97 Å². The highest BCUT2D eigenvalue weighted by Gasteiger charge is 2.49. The Hall–Kier alpha value is -1.36. The maximum Gasteiger partial charge on any atom is 0.329 e. The Morgan fingerprint density at radius 1 is 1.27 bits per heavy atom. The molecule has 2 aliphatic carbocycles. The summed E-state index contributed by atoms with van der Waals surface area (Å²) in [6.07, 6.45) is 5.85. The summed E-state index contributed by atoms with van der Waals surface area (Å²) < 4.78 is 0. The fraction of sp³-hybridized carbons (Fsp3) is 0.647. The van der Waals surface area contributed by atoms with Crippen LogP contribution in [0.5, 0.6) is 0 Å². The molecule has 0 spiro atoms. The normalized spacial score (nSPS) is 27.0. The number of aliphatic carboxylic acids is 1. The summed E-state index contributed by atoms with van der Waals surface area (Å²) in [5.41, 5.74) is 0.207. The van der Waals surface area contributed by atoms with E-state index < -0.39 is 11.5 Å². The van der Waals surface area contributed by atoms with Crippen LogP contribution >= 0.6 is 11.3 Å². The zero-order valence-corrected chi connectivity index (χ0v) is 13.7. The number of thiophene rings is 1. The van der Waals surface area contributed by atoms with Gasteiger partial charge in [-0.05, 0) is 43.2 Å². The Morgan fingerprint density at radius 2 is 1.95 bits per heavy atom. The molecule has 2 fully saturated rings. The van der Waals surface area contributed by atoms with Crippen molar-refractivity contribution in [1.29, 1.82) is 0 Å². The molecule has 1 aromatic rings. The Labute approximate surface area is 134 Å². The van der Waals surface area contributed by atoms with Crippen molar-refractivity contribution in [3.8, 4) is 0 Å². The molecular weight excluding hydrogens is 298 g/mol. The highest BCUT2D eigenvalue weighted by Crippen LogP contribution is 2.50. The van der Waals surface area contributed by atoms with Crippen molar-refractivity contribution in [2.45, 2.75) is 63.3 Å². The van der Waals surface area contributed by atoms with E-state index in [-0.39, 0.29) is 17.7 Å². The second-order valence-electron chi connectivity index (χ2n) is 6.71. The van der Waals surface area contributed by atoms with Crippen molar-refractivity contribution in [3.05, 3.63) is 21.9 Å². The van der Waals surface area contributed by atoms with Crippen molar-refractivity contribution >= 4 is 23.2 Å². The molecular formula is C17H23NO3S. The molecule has 0 aliphatic heterocycles. The maximum absolute atomic E-state index is 12.5. The molecule has 5 heteroatoms. The number of carbonyl (C=O) groups is 2. The standard InChI is InChI=1S/C17H23NO3S/c1-11-6-9-22-14(11)12-10-13(12)15(19)18-17(16(20)21)7-4-2-3-5-8-17/h6,9,12-13H,2-5,7-8,10H2,1H3,(H,18,19)(H,20,21). The molecule has 0 saturated heterocycles. The minimum atomic E-state index is -1.04. The van der Waals surface area contributed by atoms with E-state index in [1.54, 1.807) is 11.3 Å². The van der Waals surface area contributed by atoms with E-state index in [2.05, 4.69) is 23.7 Å². The average Bonchev–Trinajstić information content (AvgIpc) is 3.21. The topological polar surface area (TPSA) is 66.4 Å². The quantitative estimate of drug-likeness (QED) is 0.835. The first-order valence-electron chi connectivity index (χ1n) is 8.13. The number of carboxylic acids is 1. The van der Waals surface area contributed by atoms with E-state index in [1.165, 1.54) is 10.4 Å².